The average molecular weight is 131 g/mol. The van der Waals surface area contributed by atoms with Gasteiger partial charge in [-0.15, -0.1) is 0 Å². The minimum Gasteiger partial charge on any atom is -0.425 e. The van der Waals surface area contributed by atoms with Crippen LogP contribution >= 0.6 is 0 Å². The van der Waals surface area contributed by atoms with Crippen molar-refractivity contribution in [3.8, 4) is 0 Å². The second kappa shape index (κ2) is 5.32. The molecule has 0 aromatic heterocycles. The predicted molar refractivity (Wildman–Crippen MR) is 39.7 cm³/mol. The summed E-state index contributed by atoms with van der Waals surface area (Å²) in [5, 5.41) is 0. The van der Waals surface area contributed by atoms with Crippen molar-refractivity contribution in [3.63, 3.8) is 0 Å². The third kappa shape index (κ3) is 4.34. The zero-order chi connectivity index (χ0) is 6.41. The van der Waals surface area contributed by atoms with Gasteiger partial charge in [0.2, 0.25) is 0 Å². The van der Waals surface area contributed by atoms with E-state index in [1.54, 1.807) is 0 Å². The van der Waals surface area contributed by atoms with Crippen LogP contribution in [0.2, 0.25) is 0 Å². The second-order valence-electron chi connectivity index (χ2n) is 2.00. The molecule has 0 saturated carbocycles. The smallest absolute Gasteiger partial charge is 0.146 e. The minimum absolute atomic E-state index is 0.265. The van der Waals surface area contributed by atoms with Crippen LogP contribution in [0.25, 0.3) is 0 Å². The lowest BCUT2D eigenvalue weighted by molar-refractivity contribution is 0.255. The predicted octanol–water partition coefficient (Wildman–Crippen LogP) is 0.676. The molecule has 0 aromatic carbocycles. The molecule has 0 bridgehead atoms. The fourth-order valence-corrected chi connectivity index (χ4v) is 0.785. The van der Waals surface area contributed by atoms with Gasteiger partial charge in [0.05, 0.1) is 0 Å². The van der Waals surface area contributed by atoms with Gasteiger partial charge < -0.3 is 4.43 Å². The summed E-state index contributed by atoms with van der Waals surface area (Å²) in [6, 6.07) is 0. The summed E-state index contributed by atoms with van der Waals surface area (Å²) in [4.78, 5) is 0. The van der Waals surface area contributed by atoms with E-state index in [4.69, 9.17) is 4.43 Å². The van der Waals surface area contributed by atoms with Gasteiger partial charge in [-0.2, -0.15) is 0 Å². The van der Waals surface area contributed by atoms with Crippen molar-refractivity contribution in [3.05, 3.63) is 6.92 Å². The molecular weight excluding hydrogens is 116 g/mol. The minimum atomic E-state index is 0.265. The van der Waals surface area contributed by atoms with E-state index in [0.717, 1.165) is 16.9 Å². The molecule has 0 rings (SSSR count). The Morgan fingerprint density at radius 2 is 2.38 bits per heavy atom. The summed E-state index contributed by atoms with van der Waals surface area (Å²) in [5.41, 5.74) is 0. The molecule has 1 radical (unpaired) electrons. The van der Waals surface area contributed by atoms with Gasteiger partial charge in [-0.3, -0.25) is 0 Å². The Balaban J connectivity index is 2.86. The highest BCUT2D eigenvalue weighted by atomic mass is 28.2. The molecule has 49 valence electrons. The molecule has 0 saturated heterocycles. The van der Waals surface area contributed by atoms with Gasteiger partial charge in [0.1, 0.15) is 10.5 Å². The summed E-state index contributed by atoms with van der Waals surface area (Å²) in [5.74, 6) is 0. The first-order valence-electron chi connectivity index (χ1n) is 3.17. The zero-order valence-electron chi connectivity index (χ0n) is 5.81. The molecular formula is C6H15OSi. The molecule has 0 amide bonds. The third-order valence-electron chi connectivity index (χ3n) is 1.21. The lowest BCUT2D eigenvalue weighted by Crippen LogP contribution is -2.04. The Kier molecular flexibility index (Phi) is 5.43. The monoisotopic (exact) mass is 131 g/mol. The Hall–Kier alpha value is 0.177. The van der Waals surface area contributed by atoms with E-state index >= 15 is 0 Å². The van der Waals surface area contributed by atoms with Crippen LogP contribution in [-0.4, -0.2) is 16.6 Å². The largest absolute Gasteiger partial charge is 0.425 e. The van der Waals surface area contributed by atoms with E-state index in [-0.39, 0.29) is 6.10 Å². The van der Waals surface area contributed by atoms with Crippen molar-refractivity contribution in [2.24, 2.45) is 0 Å². The Labute approximate surface area is 55.0 Å². The molecule has 0 heterocycles. The van der Waals surface area contributed by atoms with Crippen LogP contribution in [0.3, 0.4) is 0 Å². The second-order valence-corrected chi connectivity index (χ2v) is 2.47. The third-order valence-corrected chi connectivity index (χ3v) is 1.88. The quantitative estimate of drug-likeness (QED) is 0.510. The molecule has 0 N–H and O–H groups in total. The average Bonchev–Trinajstić information content (AvgIpc) is 1.83. The molecule has 0 fully saturated rings. The van der Waals surface area contributed by atoms with Crippen LogP contribution in [0.1, 0.15) is 26.2 Å². The Morgan fingerprint density at radius 1 is 1.75 bits per heavy atom. The van der Waals surface area contributed by atoms with Crippen molar-refractivity contribution in [1.29, 1.82) is 0 Å². The molecule has 8 heavy (non-hydrogen) atoms. The number of hydrogen-bond donors (Lipinski definition) is 0. The maximum atomic E-state index is 5.08. The van der Waals surface area contributed by atoms with E-state index in [1.165, 1.54) is 12.8 Å². The van der Waals surface area contributed by atoms with E-state index in [0.29, 0.717) is 0 Å². The van der Waals surface area contributed by atoms with Crippen LogP contribution in [0.15, 0.2) is 0 Å². The van der Waals surface area contributed by atoms with Gasteiger partial charge in [-0.1, -0.05) is 19.8 Å². The highest BCUT2D eigenvalue weighted by Gasteiger charge is 1.94. The van der Waals surface area contributed by atoms with Crippen LogP contribution in [0.5, 0.6) is 0 Å². The normalized spacial score (nSPS) is 14.2. The first kappa shape index (κ1) is 8.18. The number of rotatable bonds is 4. The van der Waals surface area contributed by atoms with E-state index < -0.39 is 0 Å². The van der Waals surface area contributed by atoms with Crippen LogP contribution < -0.4 is 0 Å². The van der Waals surface area contributed by atoms with Crippen LogP contribution in [0.4, 0.5) is 0 Å². The van der Waals surface area contributed by atoms with Crippen molar-refractivity contribution in [2.45, 2.75) is 32.3 Å². The highest BCUT2D eigenvalue weighted by molar-refractivity contribution is 5.98. The molecule has 0 aliphatic heterocycles. The number of unbranched alkanes of at least 4 members (excludes halogenated alkanes) is 1. The van der Waals surface area contributed by atoms with Crippen LogP contribution in [0, 0.1) is 6.92 Å². The first-order chi connectivity index (χ1) is 3.81. The van der Waals surface area contributed by atoms with Gasteiger partial charge >= 0.3 is 0 Å². The lowest BCUT2D eigenvalue weighted by Gasteiger charge is -2.06. The van der Waals surface area contributed by atoms with E-state index in [9.17, 15) is 0 Å². The van der Waals surface area contributed by atoms with Gasteiger partial charge in [0.15, 0.2) is 0 Å². The summed E-state index contributed by atoms with van der Waals surface area (Å²) < 4.78 is 5.08. The molecule has 0 aliphatic rings. The maximum Gasteiger partial charge on any atom is 0.146 e. The fourth-order valence-electron chi connectivity index (χ4n) is 0.550. The summed E-state index contributed by atoms with van der Waals surface area (Å²) in [6.45, 7) is 5.99. The van der Waals surface area contributed by atoms with Gasteiger partial charge in [-0.25, -0.2) is 0 Å². The zero-order valence-corrected chi connectivity index (χ0v) is 7.81. The van der Waals surface area contributed by atoms with Crippen LogP contribution in [-0.2, 0) is 4.43 Å². The van der Waals surface area contributed by atoms with Crippen molar-refractivity contribution in [1.82, 2.24) is 0 Å². The standard InChI is InChI=1S/C6H15OSi/c1-3-4-5-6(2)7-8/h6H,2-5H2,1,8H3. The molecule has 0 aromatic rings. The van der Waals surface area contributed by atoms with E-state index in [2.05, 4.69) is 13.8 Å². The summed E-state index contributed by atoms with van der Waals surface area (Å²) >= 11 is 0. The molecule has 0 spiro atoms. The van der Waals surface area contributed by atoms with E-state index in [1.807, 2.05) is 0 Å². The lowest BCUT2D eigenvalue weighted by atomic mass is 10.2. The summed E-state index contributed by atoms with van der Waals surface area (Å²) in [6.07, 6.45) is 3.88. The first-order valence-corrected chi connectivity index (χ1v) is 3.98. The maximum absolute atomic E-state index is 5.08. The molecule has 0 aliphatic carbocycles. The fraction of sp³-hybridized carbons (Fsp3) is 0.833. The van der Waals surface area contributed by atoms with Gasteiger partial charge in [0.25, 0.3) is 0 Å². The Bertz CT molecular complexity index is 47.8. The molecule has 1 nitrogen and oxygen atoms in total. The van der Waals surface area contributed by atoms with Gasteiger partial charge in [0, 0.05) is 6.10 Å². The van der Waals surface area contributed by atoms with Gasteiger partial charge in [-0.05, 0) is 13.3 Å². The van der Waals surface area contributed by atoms with Crippen molar-refractivity contribution >= 4 is 10.5 Å². The Morgan fingerprint density at radius 3 is 2.75 bits per heavy atom. The summed E-state index contributed by atoms with van der Waals surface area (Å²) in [7, 11) is 0.827. The topological polar surface area (TPSA) is 9.23 Å². The van der Waals surface area contributed by atoms with Crippen molar-refractivity contribution < 1.29 is 4.43 Å². The molecule has 1 atom stereocenters. The molecule has 2 heteroatoms. The SMILES string of the molecule is [CH2]C(CCCC)O[SiH3]. The number of hydrogen-bond acceptors (Lipinski definition) is 1. The van der Waals surface area contributed by atoms with Crippen molar-refractivity contribution in [2.75, 3.05) is 0 Å². The highest BCUT2D eigenvalue weighted by Crippen LogP contribution is 2.00. The molecule has 1 unspecified atom stereocenters.